The maximum Gasteiger partial charge on any atom is 0.218 e. The van der Waals surface area contributed by atoms with Crippen molar-refractivity contribution in [3.63, 3.8) is 0 Å². The van der Waals surface area contributed by atoms with Crippen LogP contribution in [-0.2, 0) is 6.42 Å². The van der Waals surface area contributed by atoms with Crippen LogP contribution in [0.4, 0.5) is 11.4 Å². The third kappa shape index (κ3) is 2.23. The van der Waals surface area contributed by atoms with Gasteiger partial charge in [-0.3, -0.25) is 0 Å². The van der Waals surface area contributed by atoms with Gasteiger partial charge in [-0.1, -0.05) is 6.92 Å². The number of hydrogen-bond acceptors (Lipinski definition) is 5. The van der Waals surface area contributed by atoms with Gasteiger partial charge in [-0.2, -0.15) is 0 Å². The highest BCUT2D eigenvalue weighted by Gasteiger charge is 2.29. The summed E-state index contributed by atoms with van der Waals surface area (Å²) in [6.45, 7) is 4.97. The minimum absolute atomic E-state index is 0.250. The molecule has 1 saturated heterocycles. The van der Waals surface area contributed by atoms with E-state index >= 15 is 0 Å². The lowest BCUT2D eigenvalue weighted by molar-refractivity contribution is 0.345. The second-order valence-electron chi connectivity index (χ2n) is 5.66. The molecule has 0 aliphatic carbocycles. The van der Waals surface area contributed by atoms with E-state index in [9.17, 15) is 0 Å². The topological polar surface area (TPSA) is 63.4 Å². The molecular formula is C14H22N4O. The number of nitrogens with two attached hydrogens (primary N) is 1. The Kier molecular flexibility index (Phi) is 3.22. The summed E-state index contributed by atoms with van der Waals surface area (Å²) in [7, 11) is 1.94. The number of rotatable bonds is 2. The molecule has 2 aliphatic heterocycles. The van der Waals surface area contributed by atoms with Gasteiger partial charge in [0.05, 0.1) is 24.2 Å². The molecule has 104 valence electrons. The molecule has 0 amide bonds. The highest BCUT2D eigenvalue weighted by Crippen LogP contribution is 2.39. The predicted molar refractivity (Wildman–Crippen MR) is 77.0 cm³/mol. The normalized spacial score (nSPS) is 25.9. The van der Waals surface area contributed by atoms with Crippen LogP contribution in [0.5, 0.6) is 5.88 Å². The molecule has 1 aromatic heterocycles. The number of nitrogens with zero attached hydrogens (tertiary/aromatic N) is 2. The van der Waals surface area contributed by atoms with Crippen LogP contribution in [0.15, 0.2) is 6.20 Å². The highest BCUT2D eigenvalue weighted by molar-refractivity contribution is 5.75. The average molecular weight is 262 g/mol. The maximum absolute atomic E-state index is 6.18. The molecule has 1 aromatic rings. The van der Waals surface area contributed by atoms with E-state index in [-0.39, 0.29) is 6.04 Å². The van der Waals surface area contributed by atoms with E-state index in [0.717, 1.165) is 44.1 Å². The monoisotopic (exact) mass is 262 g/mol. The van der Waals surface area contributed by atoms with Gasteiger partial charge in [0.1, 0.15) is 0 Å². The Morgan fingerprint density at radius 1 is 1.47 bits per heavy atom. The lowest BCUT2D eigenvalue weighted by atomic mass is 9.95. The number of aromatic nitrogens is 1. The number of fused-ring (bicyclic) bond motifs is 1. The minimum Gasteiger partial charge on any atom is -0.477 e. The Morgan fingerprint density at radius 3 is 3.05 bits per heavy atom. The number of pyridine rings is 1. The van der Waals surface area contributed by atoms with Crippen molar-refractivity contribution in [2.24, 2.45) is 11.7 Å². The van der Waals surface area contributed by atoms with E-state index in [0.29, 0.717) is 5.92 Å². The van der Waals surface area contributed by atoms with Crippen molar-refractivity contribution < 1.29 is 4.74 Å². The molecule has 5 nitrogen and oxygen atoms in total. The lowest BCUT2D eigenvalue weighted by Gasteiger charge is -2.38. The fraction of sp³-hybridized carbons (Fsp3) is 0.643. The minimum atomic E-state index is 0.250. The first-order chi connectivity index (χ1) is 9.19. The largest absolute Gasteiger partial charge is 0.477 e. The standard InChI is InChI=1S/C14H22N4O/c1-9-5-10(15)8-18(7-9)13-11-3-4-19-14(11)17-6-12(13)16-2/h6,9-10,16H,3-5,7-8,15H2,1-2H3/t9-,10+/m1/s1. The summed E-state index contributed by atoms with van der Waals surface area (Å²) in [6.07, 6.45) is 3.91. The van der Waals surface area contributed by atoms with Crippen molar-refractivity contribution in [3.05, 3.63) is 11.8 Å². The van der Waals surface area contributed by atoms with E-state index in [2.05, 4.69) is 22.1 Å². The van der Waals surface area contributed by atoms with Crippen LogP contribution in [0.3, 0.4) is 0 Å². The summed E-state index contributed by atoms with van der Waals surface area (Å²) in [5.74, 6) is 1.42. The number of anilines is 2. The van der Waals surface area contributed by atoms with Gasteiger partial charge < -0.3 is 20.7 Å². The average Bonchev–Trinajstić information content (AvgIpc) is 2.84. The van der Waals surface area contributed by atoms with Crippen LogP contribution >= 0.6 is 0 Å². The molecule has 2 atom stereocenters. The SMILES string of the molecule is CNc1cnc2c(c1N1C[C@H](C)C[C@H](N)C1)CCO2. The molecule has 0 saturated carbocycles. The Bertz CT molecular complexity index is 467. The molecular weight excluding hydrogens is 240 g/mol. The number of hydrogen-bond donors (Lipinski definition) is 2. The van der Waals surface area contributed by atoms with Gasteiger partial charge in [0.25, 0.3) is 0 Å². The van der Waals surface area contributed by atoms with Crippen LogP contribution in [0.25, 0.3) is 0 Å². The second kappa shape index (κ2) is 4.89. The summed E-state index contributed by atoms with van der Waals surface area (Å²) in [5.41, 5.74) is 9.73. The molecule has 2 aliphatic rings. The van der Waals surface area contributed by atoms with Crippen molar-refractivity contribution in [2.45, 2.75) is 25.8 Å². The smallest absolute Gasteiger partial charge is 0.218 e. The van der Waals surface area contributed by atoms with Crippen LogP contribution in [0, 0.1) is 5.92 Å². The van der Waals surface area contributed by atoms with Crippen molar-refractivity contribution in [1.29, 1.82) is 0 Å². The molecule has 3 rings (SSSR count). The molecule has 0 spiro atoms. The third-order valence-corrected chi connectivity index (χ3v) is 3.98. The number of nitrogens with one attached hydrogen (secondary N) is 1. The second-order valence-corrected chi connectivity index (χ2v) is 5.66. The Morgan fingerprint density at radius 2 is 2.32 bits per heavy atom. The summed E-state index contributed by atoms with van der Waals surface area (Å²) < 4.78 is 5.59. The summed E-state index contributed by atoms with van der Waals surface area (Å²) >= 11 is 0. The maximum atomic E-state index is 6.18. The Balaban J connectivity index is 2.01. The Hall–Kier alpha value is -1.49. The summed E-state index contributed by atoms with van der Waals surface area (Å²) in [6, 6.07) is 0.250. The van der Waals surface area contributed by atoms with Gasteiger partial charge in [0, 0.05) is 38.2 Å². The van der Waals surface area contributed by atoms with Crippen molar-refractivity contribution in [1.82, 2.24) is 4.98 Å². The highest BCUT2D eigenvalue weighted by atomic mass is 16.5. The van der Waals surface area contributed by atoms with Crippen molar-refractivity contribution in [2.75, 3.05) is 37.0 Å². The molecule has 3 N–H and O–H groups in total. The predicted octanol–water partition coefficient (Wildman–Crippen LogP) is 1.23. The first-order valence-corrected chi connectivity index (χ1v) is 7.02. The molecule has 0 aromatic carbocycles. The van der Waals surface area contributed by atoms with Gasteiger partial charge in [0.15, 0.2) is 0 Å². The van der Waals surface area contributed by atoms with Gasteiger partial charge in [-0.05, 0) is 12.3 Å². The zero-order valence-electron chi connectivity index (χ0n) is 11.6. The van der Waals surface area contributed by atoms with E-state index in [1.54, 1.807) is 0 Å². The molecule has 19 heavy (non-hydrogen) atoms. The quantitative estimate of drug-likeness (QED) is 0.839. The van der Waals surface area contributed by atoms with E-state index in [1.807, 2.05) is 13.2 Å². The van der Waals surface area contributed by atoms with Gasteiger partial charge in [0.2, 0.25) is 5.88 Å². The first-order valence-electron chi connectivity index (χ1n) is 7.02. The Labute approximate surface area is 114 Å². The number of piperidine rings is 1. The number of ether oxygens (including phenoxy) is 1. The molecule has 5 heteroatoms. The van der Waals surface area contributed by atoms with E-state index < -0.39 is 0 Å². The summed E-state index contributed by atoms with van der Waals surface area (Å²) in [4.78, 5) is 6.78. The zero-order chi connectivity index (χ0) is 13.4. The zero-order valence-corrected chi connectivity index (χ0v) is 11.6. The molecule has 0 unspecified atom stereocenters. The van der Waals surface area contributed by atoms with Crippen LogP contribution in [-0.4, -0.2) is 37.8 Å². The molecule has 3 heterocycles. The van der Waals surface area contributed by atoms with E-state index in [4.69, 9.17) is 10.5 Å². The van der Waals surface area contributed by atoms with Gasteiger partial charge in [-0.25, -0.2) is 4.98 Å². The van der Waals surface area contributed by atoms with Crippen LogP contribution in [0.2, 0.25) is 0 Å². The van der Waals surface area contributed by atoms with Gasteiger partial charge in [-0.15, -0.1) is 0 Å². The fourth-order valence-electron chi connectivity index (χ4n) is 3.25. The van der Waals surface area contributed by atoms with Crippen LogP contribution in [0.1, 0.15) is 18.9 Å². The third-order valence-electron chi connectivity index (χ3n) is 3.98. The summed E-state index contributed by atoms with van der Waals surface area (Å²) in [5, 5.41) is 3.25. The van der Waals surface area contributed by atoms with Crippen LogP contribution < -0.4 is 20.7 Å². The molecule has 0 radical (unpaired) electrons. The van der Waals surface area contributed by atoms with Crippen molar-refractivity contribution >= 4 is 11.4 Å². The van der Waals surface area contributed by atoms with Gasteiger partial charge >= 0.3 is 0 Å². The molecule has 0 bridgehead atoms. The first kappa shape index (κ1) is 12.5. The lowest BCUT2D eigenvalue weighted by Crippen LogP contribution is -2.46. The van der Waals surface area contributed by atoms with E-state index in [1.165, 1.54) is 11.3 Å². The molecule has 1 fully saturated rings. The fourth-order valence-corrected chi connectivity index (χ4v) is 3.25. The van der Waals surface area contributed by atoms with Crippen molar-refractivity contribution in [3.8, 4) is 5.88 Å².